The first-order chi connectivity index (χ1) is 8.68. The summed E-state index contributed by atoms with van der Waals surface area (Å²) < 4.78 is 10.6. The minimum Gasteiger partial charge on any atom is -0.481 e. The summed E-state index contributed by atoms with van der Waals surface area (Å²) in [6, 6.07) is 5.06. The van der Waals surface area contributed by atoms with Crippen LogP contribution >= 0.6 is 23.2 Å². The van der Waals surface area contributed by atoms with Crippen LogP contribution in [-0.2, 0) is 9.53 Å². The fraction of sp³-hybridized carbons (Fsp3) is 0.417. The lowest BCUT2D eigenvalue weighted by atomic mass is 10.3. The summed E-state index contributed by atoms with van der Waals surface area (Å²) in [5.74, 6) is 0.261. The standard InChI is InChI=1S/C12H13Cl2NO3/c13-9-2-1-3-10(14)12(9)18-8-11(16)15-4-6-17-7-5-15/h1-3H,4-8H2. The Morgan fingerprint density at radius 1 is 1.28 bits per heavy atom. The number of nitrogens with zero attached hydrogens (tertiary/aromatic N) is 1. The molecule has 1 amide bonds. The molecule has 1 fully saturated rings. The van der Waals surface area contributed by atoms with Gasteiger partial charge in [-0.1, -0.05) is 29.3 Å². The zero-order chi connectivity index (χ0) is 13.0. The van der Waals surface area contributed by atoms with Crippen LogP contribution < -0.4 is 4.74 Å². The first kappa shape index (κ1) is 13.5. The number of morpholine rings is 1. The minimum atomic E-state index is -0.0886. The van der Waals surface area contributed by atoms with Crippen LogP contribution in [0.3, 0.4) is 0 Å². The van der Waals surface area contributed by atoms with E-state index >= 15 is 0 Å². The number of ether oxygens (including phenoxy) is 2. The van der Waals surface area contributed by atoms with Crippen molar-refractivity contribution in [3.8, 4) is 5.75 Å². The van der Waals surface area contributed by atoms with Crippen molar-refractivity contribution >= 4 is 29.1 Å². The molecule has 0 bridgehead atoms. The van der Waals surface area contributed by atoms with Crippen LogP contribution in [0.5, 0.6) is 5.75 Å². The number of benzene rings is 1. The molecule has 1 aliphatic rings. The Bertz CT molecular complexity index is 413. The average molecular weight is 290 g/mol. The zero-order valence-electron chi connectivity index (χ0n) is 9.70. The Morgan fingerprint density at radius 3 is 2.50 bits per heavy atom. The number of hydrogen-bond donors (Lipinski definition) is 0. The Kier molecular flexibility index (Phi) is 4.69. The van der Waals surface area contributed by atoms with Crippen LogP contribution in [0, 0.1) is 0 Å². The van der Waals surface area contributed by atoms with Gasteiger partial charge >= 0.3 is 0 Å². The molecule has 4 nitrogen and oxygen atoms in total. The molecule has 0 atom stereocenters. The second-order valence-corrected chi connectivity index (χ2v) is 4.65. The van der Waals surface area contributed by atoms with Gasteiger partial charge in [0.15, 0.2) is 12.4 Å². The van der Waals surface area contributed by atoms with Crippen LogP contribution in [0.1, 0.15) is 0 Å². The van der Waals surface area contributed by atoms with Crippen molar-refractivity contribution < 1.29 is 14.3 Å². The van der Waals surface area contributed by atoms with Gasteiger partial charge < -0.3 is 14.4 Å². The molecule has 18 heavy (non-hydrogen) atoms. The van der Waals surface area contributed by atoms with Crippen molar-refractivity contribution in [3.05, 3.63) is 28.2 Å². The molecular formula is C12H13Cl2NO3. The number of halogens is 2. The lowest BCUT2D eigenvalue weighted by Gasteiger charge is -2.26. The monoisotopic (exact) mass is 289 g/mol. The van der Waals surface area contributed by atoms with Crippen molar-refractivity contribution in [1.29, 1.82) is 0 Å². The van der Waals surface area contributed by atoms with E-state index in [4.69, 9.17) is 32.7 Å². The predicted octanol–water partition coefficient (Wildman–Crippen LogP) is 2.23. The van der Waals surface area contributed by atoms with Crippen LogP contribution in [0.4, 0.5) is 0 Å². The third-order valence-corrected chi connectivity index (χ3v) is 3.22. The molecule has 0 aliphatic carbocycles. The van der Waals surface area contributed by atoms with Gasteiger partial charge in [-0.15, -0.1) is 0 Å². The molecule has 0 saturated carbocycles. The summed E-state index contributed by atoms with van der Waals surface area (Å²) in [6.07, 6.45) is 0. The normalized spacial score (nSPS) is 15.6. The molecule has 0 N–H and O–H groups in total. The molecule has 0 aromatic heterocycles. The van der Waals surface area contributed by atoms with Crippen molar-refractivity contribution in [3.63, 3.8) is 0 Å². The molecule has 1 aromatic carbocycles. The molecule has 0 unspecified atom stereocenters. The lowest BCUT2D eigenvalue weighted by Crippen LogP contribution is -2.43. The predicted molar refractivity (Wildman–Crippen MR) is 69.4 cm³/mol. The number of carbonyl (C=O) groups is 1. The highest BCUT2D eigenvalue weighted by atomic mass is 35.5. The van der Waals surface area contributed by atoms with E-state index in [1.807, 2.05) is 0 Å². The van der Waals surface area contributed by atoms with E-state index < -0.39 is 0 Å². The highest BCUT2D eigenvalue weighted by Crippen LogP contribution is 2.32. The SMILES string of the molecule is O=C(COc1c(Cl)cccc1Cl)N1CCOCC1. The molecule has 2 rings (SSSR count). The van der Waals surface area contributed by atoms with Gasteiger partial charge in [0.1, 0.15) is 0 Å². The molecule has 1 aliphatic heterocycles. The minimum absolute atomic E-state index is 0.0660. The molecule has 6 heteroatoms. The van der Waals surface area contributed by atoms with Crippen molar-refractivity contribution in [2.45, 2.75) is 0 Å². The number of carbonyl (C=O) groups excluding carboxylic acids is 1. The van der Waals surface area contributed by atoms with Gasteiger partial charge in [-0.25, -0.2) is 0 Å². The fourth-order valence-electron chi connectivity index (χ4n) is 1.66. The van der Waals surface area contributed by atoms with E-state index in [-0.39, 0.29) is 12.5 Å². The maximum absolute atomic E-state index is 11.9. The molecule has 0 radical (unpaired) electrons. The summed E-state index contributed by atoms with van der Waals surface area (Å²) in [7, 11) is 0. The summed E-state index contributed by atoms with van der Waals surface area (Å²) in [6.45, 7) is 2.26. The lowest BCUT2D eigenvalue weighted by molar-refractivity contribution is -0.137. The van der Waals surface area contributed by atoms with Crippen LogP contribution in [0.2, 0.25) is 10.0 Å². The van der Waals surface area contributed by atoms with Gasteiger partial charge in [0, 0.05) is 13.1 Å². The summed E-state index contributed by atoms with van der Waals surface area (Å²) in [4.78, 5) is 13.6. The average Bonchev–Trinajstić information content (AvgIpc) is 2.39. The van der Waals surface area contributed by atoms with Crippen LogP contribution in [0.15, 0.2) is 18.2 Å². The summed E-state index contributed by atoms with van der Waals surface area (Å²) in [5, 5.41) is 0.801. The Hall–Kier alpha value is -0.970. The highest BCUT2D eigenvalue weighted by Gasteiger charge is 2.18. The Balaban J connectivity index is 1.92. The van der Waals surface area contributed by atoms with Gasteiger partial charge in [0.2, 0.25) is 0 Å². The van der Waals surface area contributed by atoms with Crippen LogP contribution in [0.25, 0.3) is 0 Å². The number of amides is 1. The van der Waals surface area contributed by atoms with Crippen molar-refractivity contribution in [1.82, 2.24) is 4.90 Å². The smallest absolute Gasteiger partial charge is 0.260 e. The topological polar surface area (TPSA) is 38.8 Å². The van der Waals surface area contributed by atoms with E-state index in [2.05, 4.69) is 0 Å². The first-order valence-corrected chi connectivity index (χ1v) is 6.36. The second-order valence-electron chi connectivity index (χ2n) is 3.83. The number of rotatable bonds is 3. The van der Waals surface area contributed by atoms with E-state index in [0.29, 0.717) is 42.1 Å². The number of hydrogen-bond acceptors (Lipinski definition) is 3. The van der Waals surface area contributed by atoms with Gasteiger partial charge in [-0.05, 0) is 12.1 Å². The molecule has 0 spiro atoms. The van der Waals surface area contributed by atoms with Gasteiger partial charge in [0.05, 0.1) is 23.3 Å². The fourth-order valence-corrected chi connectivity index (χ4v) is 2.16. The molecular weight excluding hydrogens is 277 g/mol. The van der Waals surface area contributed by atoms with Gasteiger partial charge in [-0.2, -0.15) is 0 Å². The molecule has 1 saturated heterocycles. The maximum atomic E-state index is 11.9. The number of para-hydroxylation sites is 1. The van der Waals surface area contributed by atoms with E-state index in [9.17, 15) is 4.79 Å². The summed E-state index contributed by atoms with van der Waals surface area (Å²) in [5.41, 5.74) is 0. The Morgan fingerprint density at radius 2 is 1.89 bits per heavy atom. The van der Waals surface area contributed by atoms with Crippen molar-refractivity contribution in [2.75, 3.05) is 32.9 Å². The Labute approximate surface area is 115 Å². The largest absolute Gasteiger partial charge is 0.481 e. The quantitative estimate of drug-likeness (QED) is 0.857. The molecule has 1 heterocycles. The third-order valence-electron chi connectivity index (χ3n) is 2.62. The zero-order valence-corrected chi connectivity index (χ0v) is 11.2. The summed E-state index contributed by atoms with van der Waals surface area (Å²) >= 11 is 11.9. The highest BCUT2D eigenvalue weighted by molar-refractivity contribution is 6.37. The second kappa shape index (κ2) is 6.27. The van der Waals surface area contributed by atoms with E-state index in [0.717, 1.165) is 0 Å². The van der Waals surface area contributed by atoms with Crippen molar-refractivity contribution in [2.24, 2.45) is 0 Å². The van der Waals surface area contributed by atoms with Crippen LogP contribution in [-0.4, -0.2) is 43.7 Å². The maximum Gasteiger partial charge on any atom is 0.260 e. The van der Waals surface area contributed by atoms with Gasteiger partial charge in [-0.3, -0.25) is 4.79 Å². The molecule has 1 aromatic rings. The molecule has 98 valence electrons. The van der Waals surface area contributed by atoms with Gasteiger partial charge in [0.25, 0.3) is 5.91 Å². The van der Waals surface area contributed by atoms with E-state index in [1.165, 1.54) is 0 Å². The van der Waals surface area contributed by atoms with E-state index in [1.54, 1.807) is 23.1 Å². The third kappa shape index (κ3) is 3.28. The first-order valence-electron chi connectivity index (χ1n) is 5.61.